The van der Waals surface area contributed by atoms with Gasteiger partial charge in [0.25, 0.3) is 11.5 Å². The van der Waals surface area contributed by atoms with Gasteiger partial charge in [-0.1, -0.05) is 6.07 Å². The molecule has 2 aromatic heterocycles. The second-order valence-electron chi connectivity index (χ2n) is 6.39. The molecule has 1 amide bonds. The Hall–Kier alpha value is -2.82. The smallest absolute Gasteiger partial charge is 0.274 e. The largest absolute Gasteiger partial charge is 0.351 e. The minimum absolute atomic E-state index is 0.152. The standard InChI is InChI=1S/C19H19N3O2/c1-11-5-6-15-14(12(11)2)10-16(21-15)19(24)22-9-3-4-13-7-8-20-18(23)17(13)22/h5-8,10,21H,3-4,9H2,1-2H3,(H,20,23). The Kier molecular flexibility index (Phi) is 3.30. The number of hydrogen-bond acceptors (Lipinski definition) is 2. The van der Waals surface area contributed by atoms with Crippen LogP contribution in [0.15, 0.2) is 35.3 Å². The molecular weight excluding hydrogens is 302 g/mol. The van der Waals surface area contributed by atoms with Crippen LogP contribution < -0.4 is 10.5 Å². The fraction of sp³-hybridized carbons (Fsp3) is 0.263. The van der Waals surface area contributed by atoms with Crippen LogP contribution in [0.5, 0.6) is 0 Å². The van der Waals surface area contributed by atoms with Crippen molar-refractivity contribution in [3.63, 3.8) is 0 Å². The number of aromatic nitrogens is 2. The van der Waals surface area contributed by atoms with Gasteiger partial charge in [-0.25, -0.2) is 0 Å². The van der Waals surface area contributed by atoms with Gasteiger partial charge in [0, 0.05) is 23.6 Å². The highest BCUT2D eigenvalue weighted by atomic mass is 16.2. The molecule has 1 aliphatic heterocycles. The summed E-state index contributed by atoms with van der Waals surface area (Å²) in [7, 11) is 0. The number of fused-ring (bicyclic) bond motifs is 2. The van der Waals surface area contributed by atoms with Crippen LogP contribution in [0.3, 0.4) is 0 Å². The van der Waals surface area contributed by atoms with Crippen LogP contribution in [0.4, 0.5) is 5.69 Å². The van der Waals surface area contributed by atoms with Gasteiger partial charge in [-0.05, 0) is 61.6 Å². The quantitative estimate of drug-likeness (QED) is 0.723. The zero-order valence-corrected chi connectivity index (χ0v) is 13.8. The van der Waals surface area contributed by atoms with Crippen molar-refractivity contribution in [1.29, 1.82) is 0 Å². The minimum Gasteiger partial charge on any atom is -0.351 e. The molecule has 0 saturated carbocycles. The summed E-state index contributed by atoms with van der Waals surface area (Å²) in [5.74, 6) is -0.152. The molecule has 122 valence electrons. The first-order chi connectivity index (χ1) is 11.6. The summed E-state index contributed by atoms with van der Waals surface area (Å²) in [6.07, 6.45) is 3.33. The van der Waals surface area contributed by atoms with E-state index in [9.17, 15) is 9.59 Å². The lowest BCUT2D eigenvalue weighted by molar-refractivity contribution is 0.0981. The Balaban J connectivity index is 1.81. The third-order valence-corrected chi connectivity index (χ3v) is 4.94. The lowest BCUT2D eigenvalue weighted by Gasteiger charge is -2.27. The number of benzene rings is 1. The fourth-order valence-corrected chi connectivity index (χ4v) is 3.47. The third-order valence-electron chi connectivity index (χ3n) is 4.94. The first-order valence-electron chi connectivity index (χ1n) is 8.17. The van der Waals surface area contributed by atoms with E-state index < -0.39 is 0 Å². The SMILES string of the molecule is Cc1ccc2[nH]c(C(=O)N3CCCc4cc[nH]c(=O)c43)cc2c1C. The van der Waals surface area contributed by atoms with Gasteiger partial charge in [-0.15, -0.1) is 0 Å². The molecule has 0 fully saturated rings. The molecule has 5 heteroatoms. The second kappa shape index (κ2) is 5.37. The average Bonchev–Trinajstić information content (AvgIpc) is 3.02. The number of carbonyl (C=O) groups is 1. The summed E-state index contributed by atoms with van der Waals surface area (Å²) in [4.78, 5) is 32.7. The first-order valence-corrected chi connectivity index (χ1v) is 8.17. The monoisotopic (exact) mass is 321 g/mol. The lowest BCUT2D eigenvalue weighted by atomic mass is 10.0. The van der Waals surface area contributed by atoms with Gasteiger partial charge in [0.15, 0.2) is 0 Å². The third kappa shape index (κ3) is 2.16. The summed E-state index contributed by atoms with van der Waals surface area (Å²) in [6, 6.07) is 7.81. The normalized spacial score (nSPS) is 14.0. The predicted octanol–water partition coefficient (Wildman–Crippen LogP) is 3.07. The highest BCUT2D eigenvalue weighted by molar-refractivity contribution is 6.08. The summed E-state index contributed by atoms with van der Waals surface area (Å²) in [5, 5.41) is 1.05. The molecule has 0 aliphatic carbocycles. The van der Waals surface area contributed by atoms with Gasteiger partial charge < -0.3 is 14.9 Å². The molecule has 1 aliphatic rings. The van der Waals surface area contributed by atoms with Crippen molar-refractivity contribution in [2.24, 2.45) is 0 Å². The van der Waals surface area contributed by atoms with E-state index >= 15 is 0 Å². The van der Waals surface area contributed by atoms with Crippen LogP contribution in [0, 0.1) is 13.8 Å². The molecule has 3 heterocycles. The topological polar surface area (TPSA) is 69.0 Å². The Morgan fingerprint density at radius 1 is 1.21 bits per heavy atom. The number of amides is 1. The van der Waals surface area contributed by atoms with Gasteiger partial charge >= 0.3 is 0 Å². The molecule has 4 rings (SSSR count). The van der Waals surface area contributed by atoms with Gasteiger partial charge in [0.05, 0.1) is 0 Å². The molecule has 0 radical (unpaired) electrons. The average molecular weight is 321 g/mol. The van der Waals surface area contributed by atoms with E-state index in [0.717, 1.165) is 29.3 Å². The number of hydrogen-bond donors (Lipinski definition) is 2. The van der Waals surface area contributed by atoms with Crippen LogP contribution >= 0.6 is 0 Å². The molecule has 3 aromatic rings. The maximum Gasteiger partial charge on any atom is 0.274 e. The van der Waals surface area contributed by atoms with Crippen LogP contribution in [0.1, 0.15) is 33.6 Å². The van der Waals surface area contributed by atoms with Crippen molar-refractivity contribution in [3.8, 4) is 0 Å². The van der Waals surface area contributed by atoms with Crippen molar-refractivity contribution in [1.82, 2.24) is 9.97 Å². The molecule has 0 saturated heterocycles. The maximum absolute atomic E-state index is 13.0. The number of aryl methyl sites for hydroxylation is 3. The molecule has 1 aromatic carbocycles. The van der Waals surface area contributed by atoms with E-state index in [1.807, 2.05) is 24.3 Å². The molecule has 0 unspecified atom stereocenters. The van der Waals surface area contributed by atoms with E-state index in [0.29, 0.717) is 17.9 Å². The fourth-order valence-electron chi connectivity index (χ4n) is 3.47. The van der Waals surface area contributed by atoms with Crippen molar-refractivity contribution < 1.29 is 4.79 Å². The summed E-state index contributed by atoms with van der Waals surface area (Å²) >= 11 is 0. The van der Waals surface area contributed by atoms with Crippen molar-refractivity contribution in [2.45, 2.75) is 26.7 Å². The van der Waals surface area contributed by atoms with Crippen LogP contribution in [0.2, 0.25) is 0 Å². The zero-order chi connectivity index (χ0) is 16.8. The molecule has 5 nitrogen and oxygen atoms in total. The van der Waals surface area contributed by atoms with Crippen LogP contribution in [0.25, 0.3) is 10.9 Å². The highest BCUT2D eigenvalue weighted by Gasteiger charge is 2.27. The number of pyridine rings is 1. The molecule has 24 heavy (non-hydrogen) atoms. The number of anilines is 1. The van der Waals surface area contributed by atoms with Crippen LogP contribution in [-0.4, -0.2) is 22.4 Å². The molecule has 0 atom stereocenters. The zero-order valence-electron chi connectivity index (χ0n) is 13.8. The lowest BCUT2D eigenvalue weighted by Crippen LogP contribution is -2.39. The minimum atomic E-state index is -0.205. The number of nitrogens with one attached hydrogen (secondary N) is 2. The molecule has 0 spiro atoms. The van der Waals surface area contributed by atoms with E-state index in [2.05, 4.69) is 23.8 Å². The van der Waals surface area contributed by atoms with E-state index in [4.69, 9.17) is 0 Å². The van der Waals surface area contributed by atoms with Gasteiger partial charge in [-0.3, -0.25) is 9.59 Å². The number of carbonyl (C=O) groups excluding carboxylic acids is 1. The van der Waals surface area contributed by atoms with E-state index in [1.54, 1.807) is 11.1 Å². The summed E-state index contributed by atoms with van der Waals surface area (Å²) in [5.41, 5.74) is 5.04. The van der Waals surface area contributed by atoms with Crippen molar-refractivity contribution in [3.05, 3.63) is 63.2 Å². The number of H-pyrrole nitrogens is 2. The Morgan fingerprint density at radius 2 is 2.04 bits per heavy atom. The molecule has 2 N–H and O–H groups in total. The van der Waals surface area contributed by atoms with E-state index in [-0.39, 0.29) is 11.5 Å². The first kappa shape index (κ1) is 14.8. The molecular formula is C19H19N3O2. The summed E-state index contributed by atoms with van der Waals surface area (Å²) in [6.45, 7) is 4.68. The number of nitrogens with zero attached hydrogens (tertiary/aromatic N) is 1. The second-order valence-corrected chi connectivity index (χ2v) is 6.39. The summed E-state index contributed by atoms with van der Waals surface area (Å²) < 4.78 is 0. The van der Waals surface area contributed by atoms with Crippen molar-refractivity contribution in [2.75, 3.05) is 11.4 Å². The van der Waals surface area contributed by atoms with E-state index in [1.165, 1.54) is 11.1 Å². The highest BCUT2D eigenvalue weighted by Crippen LogP contribution is 2.27. The Labute approximate surface area is 139 Å². The Morgan fingerprint density at radius 3 is 2.88 bits per heavy atom. The maximum atomic E-state index is 13.0. The van der Waals surface area contributed by atoms with Crippen LogP contribution in [-0.2, 0) is 6.42 Å². The molecule has 0 bridgehead atoms. The van der Waals surface area contributed by atoms with Gasteiger partial charge in [0.2, 0.25) is 0 Å². The number of rotatable bonds is 1. The predicted molar refractivity (Wildman–Crippen MR) is 94.8 cm³/mol. The number of aromatic amines is 2. The van der Waals surface area contributed by atoms with Crippen molar-refractivity contribution >= 4 is 22.5 Å². The Bertz CT molecular complexity index is 1010. The van der Waals surface area contributed by atoms with Gasteiger partial charge in [0.1, 0.15) is 11.4 Å². The van der Waals surface area contributed by atoms with Gasteiger partial charge in [-0.2, -0.15) is 0 Å².